The summed E-state index contributed by atoms with van der Waals surface area (Å²) in [5, 5.41) is 11.0. The lowest BCUT2D eigenvalue weighted by atomic mass is 9.77. The van der Waals surface area contributed by atoms with Gasteiger partial charge in [0.1, 0.15) is 11.4 Å². The Morgan fingerprint density at radius 2 is 1.78 bits per heavy atom. The number of methoxy groups -OCH3 is 1. The number of halogens is 1. The SMILES string of the molecule is COC(=O)c1cc([N+](=O)[O-])cc(B2OC(C)(C)C(C)(C)O2)c1F. The van der Waals surface area contributed by atoms with Gasteiger partial charge in [-0.1, -0.05) is 0 Å². The van der Waals surface area contributed by atoms with Gasteiger partial charge < -0.3 is 14.0 Å². The largest absolute Gasteiger partial charge is 0.498 e. The molecule has 1 aromatic rings. The first-order valence-electron chi connectivity index (χ1n) is 6.92. The van der Waals surface area contributed by atoms with Crippen LogP contribution in [0.3, 0.4) is 0 Å². The predicted octanol–water partition coefficient (Wildman–Crippen LogP) is 1.82. The van der Waals surface area contributed by atoms with Crippen molar-refractivity contribution in [2.24, 2.45) is 0 Å². The number of esters is 1. The van der Waals surface area contributed by atoms with E-state index < -0.39 is 46.3 Å². The number of hydrogen-bond donors (Lipinski definition) is 0. The molecule has 9 heteroatoms. The summed E-state index contributed by atoms with van der Waals surface area (Å²) in [6, 6.07) is 1.83. The Bertz CT molecular complexity index is 659. The van der Waals surface area contributed by atoms with Crippen LogP contribution in [0.25, 0.3) is 0 Å². The molecule has 0 bridgehead atoms. The minimum absolute atomic E-state index is 0.210. The van der Waals surface area contributed by atoms with Gasteiger partial charge in [-0.25, -0.2) is 9.18 Å². The quantitative estimate of drug-likeness (QED) is 0.365. The number of carbonyl (C=O) groups excluding carboxylic acids is 1. The Labute approximate surface area is 133 Å². The van der Waals surface area contributed by atoms with E-state index in [1.54, 1.807) is 27.7 Å². The molecule has 1 aromatic carbocycles. The van der Waals surface area contributed by atoms with E-state index in [4.69, 9.17) is 9.31 Å². The van der Waals surface area contributed by atoms with Gasteiger partial charge in [-0.2, -0.15) is 0 Å². The first kappa shape index (κ1) is 17.4. The highest BCUT2D eigenvalue weighted by Gasteiger charge is 2.53. The van der Waals surface area contributed by atoms with Gasteiger partial charge in [-0.3, -0.25) is 10.1 Å². The molecule has 0 radical (unpaired) electrons. The van der Waals surface area contributed by atoms with Crippen molar-refractivity contribution in [3.05, 3.63) is 33.6 Å². The molecule has 1 aliphatic heterocycles. The summed E-state index contributed by atoms with van der Waals surface area (Å²) < 4.78 is 30.5. The number of hydrogen-bond acceptors (Lipinski definition) is 6. The Morgan fingerprint density at radius 3 is 2.22 bits per heavy atom. The molecule has 0 aromatic heterocycles. The highest BCUT2D eigenvalue weighted by molar-refractivity contribution is 6.62. The molecule has 1 fully saturated rings. The number of nitrogens with zero attached hydrogens (tertiary/aromatic N) is 1. The number of non-ortho nitro benzene ring substituents is 1. The summed E-state index contributed by atoms with van der Waals surface area (Å²) in [4.78, 5) is 22.0. The van der Waals surface area contributed by atoms with Crippen molar-refractivity contribution >= 4 is 24.2 Å². The van der Waals surface area contributed by atoms with Crippen molar-refractivity contribution in [2.75, 3.05) is 7.11 Å². The molecule has 1 saturated heterocycles. The molecular weight excluding hydrogens is 308 g/mol. The molecule has 1 heterocycles. The second-order valence-corrected chi connectivity index (χ2v) is 6.23. The third kappa shape index (κ3) is 2.94. The van der Waals surface area contributed by atoms with Gasteiger partial charge in [0.25, 0.3) is 5.69 Å². The molecule has 0 unspecified atom stereocenters. The van der Waals surface area contributed by atoms with E-state index in [9.17, 15) is 19.3 Å². The van der Waals surface area contributed by atoms with Crippen LogP contribution in [0.1, 0.15) is 38.1 Å². The molecule has 2 rings (SSSR count). The van der Waals surface area contributed by atoms with Crippen molar-refractivity contribution in [3.8, 4) is 0 Å². The van der Waals surface area contributed by atoms with Crippen molar-refractivity contribution in [3.63, 3.8) is 0 Å². The first-order chi connectivity index (χ1) is 10.5. The smallest absolute Gasteiger partial charge is 0.465 e. The van der Waals surface area contributed by atoms with Gasteiger partial charge in [0.15, 0.2) is 0 Å². The fourth-order valence-electron chi connectivity index (χ4n) is 2.14. The van der Waals surface area contributed by atoms with Crippen molar-refractivity contribution in [2.45, 2.75) is 38.9 Å². The Morgan fingerprint density at radius 1 is 1.26 bits per heavy atom. The number of ether oxygens (including phenoxy) is 1. The minimum atomic E-state index is -1.16. The van der Waals surface area contributed by atoms with E-state index in [-0.39, 0.29) is 5.46 Å². The lowest BCUT2D eigenvalue weighted by Gasteiger charge is -2.32. The predicted molar refractivity (Wildman–Crippen MR) is 80.1 cm³/mol. The third-order valence-electron chi connectivity index (χ3n) is 4.21. The zero-order valence-electron chi connectivity index (χ0n) is 13.5. The lowest BCUT2D eigenvalue weighted by Crippen LogP contribution is -2.41. The summed E-state index contributed by atoms with van der Waals surface area (Å²) in [5.41, 5.74) is -2.69. The molecule has 1 aliphatic rings. The molecule has 0 aliphatic carbocycles. The van der Waals surface area contributed by atoms with Crippen LogP contribution in [0.5, 0.6) is 0 Å². The lowest BCUT2D eigenvalue weighted by molar-refractivity contribution is -0.384. The summed E-state index contributed by atoms with van der Waals surface area (Å²) in [6.45, 7) is 7.07. The summed E-state index contributed by atoms with van der Waals surface area (Å²) in [5.74, 6) is -1.97. The molecule has 0 spiro atoms. The Kier molecular flexibility index (Phi) is 4.21. The highest BCUT2D eigenvalue weighted by atomic mass is 19.1. The van der Waals surface area contributed by atoms with Gasteiger partial charge in [0.2, 0.25) is 0 Å². The maximum atomic E-state index is 14.6. The Balaban J connectivity index is 2.57. The van der Waals surface area contributed by atoms with Crippen LogP contribution < -0.4 is 5.46 Å². The van der Waals surface area contributed by atoms with Crippen molar-refractivity contribution in [1.29, 1.82) is 0 Å². The molecule has 124 valence electrons. The van der Waals surface area contributed by atoms with Gasteiger partial charge in [-0.15, -0.1) is 0 Å². The zero-order chi connectivity index (χ0) is 17.6. The summed E-state index contributed by atoms with van der Waals surface area (Å²) in [7, 11) is -0.0991. The first-order valence-corrected chi connectivity index (χ1v) is 6.92. The number of rotatable bonds is 3. The minimum Gasteiger partial charge on any atom is -0.465 e. The molecule has 0 N–H and O–H groups in total. The van der Waals surface area contributed by atoms with Gasteiger partial charge >= 0.3 is 13.1 Å². The maximum absolute atomic E-state index is 14.6. The van der Waals surface area contributed by atoms with Crippen molar-refractivity contribution < 1.29 is 28.2 Å². The van der Waals surface area contributed by atoms with Crippen LogP contribution in [-0.4, -0.2) is 36.3 Å². The number of nitro benzene ring substituents is 1. The molecular formula is C14H17BFNO6. The van der Waals surface area contributed by atoms with Crippen LogP contribution in [0.4, 0.5) is 10.1 Å². The molecule has 0 amide bonds. The van der Waals surface area contributed by atoms with E-state index in [2.05, 4.69) is 4.74 Å². The standard InChI is InChI=1S/C14H17BFNO6/c1-13(2)14(3,4)23-15(22-13)10-7-8(17(19)20)6-9(11(10)16)12(18)21-5/h6-7H,1-5H3. The molecule has 0 saturated carbocycles. The molecule has 7 nitrogen and oxygen atoms in total. The van der Waals surface area contributed by atoms with Gasteiger partial charge in [-0.05, 0) is 27.7 Å². The number of benzene rings is 1. The van der Waals surface area contributed by atoms with E-state index in [0.717, 1.165) is 19.2 Å². The third-order valence-corrected chi connectivity index (χ3v) is 4.21. The fraction of sp³-hybridized carbons (Fsp3) is 0.500. The number of carbonyl (C=O) groups is 1. The van der Waals surface area contributed by atoms with E-state index in [0.29, 0.717) is 0 Å². The average Bonchev–Trinajstić information content (AvgIpc) is 2.66. The fourth-order valence-corrected chi connectivity index (χ4v) is 2.14. The van der Waals surface area contributed by atoms with Crippen LogP contribution in [0, 0.1) is 15.9 Å². The second-order valence-electron chi connectivity index (χ2n) is 6.23. The topological polar surface area (TPSA) is 87.9 Å². The average molecular weight is 325 g/mol. The maximum Gasteiger partial charge on any atom is 0.498 e. The molecule has 23 heavy (non-hydrogen) atoms. The van der Waals surface area contributed by atoms with Gasteiger partial charge in [0.05, 0.1) is 23.2 Å². The molecule has 0 atom stereocenters. The zero-order valence-corrected chi connectivity index (χ0v) is 13.5. The van der Waals surface area contributed by atoms with Crippen LogP contribution >= 0.6 is 0 Å². The summed E-state index contributed by atoms with van der Waals surface area (Å²) in [6.07, 6.45) is 0. The second kappa shape index (κ2) is 5.57. The number of nitro groups is 1. The summed E-state index contributed by atoms with van der Waals surface area (Å²) >= 11 is 0. The van der Waals surface area contributed by atoms with Crippen LogP contribution in [0.15, 0.2) is 12.1 Å². The van der Waals surface area contributed by atoms with Gasteiger partial charge in [0, 0.05) is 17.6 Å². The van der Waals surface area contributed by atoms with Crippen LogP contribution in [-0.2, 0) is 14.0 Å². The van der Waals surface area contributed by atoms with Crippen molar-refractivity contribution in [1.82, 2.24) is 0 Å². The normalized spacial score (nSPS) is 18.8. The monoisotopic (exact) mass is 325 g/mol. The van der Waals surface area contributed by atoms with E-state index >= 15 is 0 Å². The van der Waals surface area contributed by atoms with E-state index in [1.165, 1.54) is 0 Å². The van der Waals surface area contributed by atoms with Crippen LogP contribution in [0.2, 0.25) is 0 Å². The van der Waals surface area contributed by atoms with E-state index in [1.807, 2.05) is 0 Å². The Hall–Kier alpha value is -2.00. The highest BCUT2D eigenvalue weighted by Crippen LogP contribution is 2.37.